The third kappa shape index (κ3) is 2.30. The molecular formula is C14H22N2O3. The first kappa shape index (κ1) is 13.1. The highest BCUT2D eigenvalue weighted by molar-refractivity contribution is 5.08. The summed E-state index contributed by atoms with van der Waals surface area (Å²) in [5.74, 6) is 2.21. The first-order chi connectivity index (χ1) is 9.13. The van der Waals surface area contributed by atoms with E-state index in [4.69, 9.17) is 9.26 Å². The second-order valence-electron chi connectivity index (χ2n) is 6.18. The molecule has 0 aromatic carbocycles. The van der Waals surface area contributed by atoms with Crippen LogP contribution >= 0.6 is 0 Å². The van der Waals surface area contributed by atoms with E-state index in [0.717, 1.165) is 32.1 Å². The van der Waals surface area contributed by atoms with Gasteiger partial charge in [-0.2, -0.15) is 4.98 Å². The van der Waals surface area contributed by atoms with Crippen LogP contribution in [0.3, 0.4) is 0 Å². The molecule has 1 aromatic heterocycles. The number of nitrogens with zero attached hydrogens (tertiary/aromatic N) is 2. The van der Waals surface area contributed by atoms with Crippen molar-refractivity contribution in [2.75, 3.05) is 7.11 Å². The average Bonchev–Trinajstić information content (AvgIpc) is 2.84. The zero-order chi connectivity index (χ0) is 13.5. The molecule has 0 amide bonds. The van der Waals surface area contributed by atoms with Gasteiger partial charge in [0.15, 0.2) is 0 Å². The maximum Gasteiger partial charge on any atom is 0.230 e. The van der Waals surface area contributed by atoms with Crippen LogP contribution in [0, 0.1) is 5.92 Å². The van der Waals surface area contributed by atoms with Gasteiger partial charge in [0.25, 0.3) is 0 Å². The monoisotopic (exact) mass is 266 g/mol. The lowest BCUT2D eigenvalue weighted by Gasteiger charge is -2.36. The molecule has 2 aliphatic carbocycles. The molecule has 3 rings (SSSR count). The van der Waals surface area contributed by atoms with Gasteiger partial charge in [-0.05, 0) is 38.0 Å². The van der Waals surface area contributed by atoms with Crippen LogP contribution in [0.2, 0.25) is 0 Å². The van der Waals surface area contributed by atoms with Gasteiger partial charge in [0, 0.05) is 13.0 Å². The summed E-state index contributed by atoms with van der Waals surface area (Å²) in [7, 11) is 1.74. The van der Waals surface area contributed by atoms with Crippen LogP contribution in [-0.2, 0) is 10.3 Å². The number of aliphatic hydroxyl groups excluding tert-OH is 1. The fourth-order valence-electron chi connectivity index (χ4n) is 3.36. The topological polar surface area (TPSA) is 68.4 Å². The van der Waals surface area contributed by atoms with E-state index in [-0.39, 0.29) is 17.6 Å². The van der Waals surface area contributed by atoms with Gasteiger partial charge in [-0.1, -0.05) is 18.5 Å². The zero-order valence-corrected chi connectivity index (χ0v) is 11.6. The zero-order valence-electron chi connectivity index (χ0n) is 11.6. The highest BCUT2D eigenvalue weighted by Gasteiger charge is 2.42. The predicted octanol–water partition coefficient (Wildman–Crippen LogP) is 2.36. The Morgan fingerprint density at radius 1 is 1.42 bits per heavy atom. The summed E-state index contributed by atoms with van der Waals surface area (Å²) in [6.45, 7) is 2.25. The lowest BCUT2D eigenvalue weighted by molar-refractivity contribution is -0.0658. The van der Waals surface area contributed by atoms with Gasteiger partial charge >= 0.3 is 0 Å². The molecule has 5 nitrogen and oxygen atoms in total. The van der Waals surface area contributed by atoms with Crippen molar-refractivity contribution in [1.29, 1.82) is 0 Å². The second-order valence-corrected chi connectivity index (χ2v) is 6.18. The molecular weight excluding hydrogens is 244 g/mol. The van der Waals surface area contributed by atoms with Crippen LogP contribution in [0.25, 0.3) is 0 Å². The van der Waals surface area contributed by atoms with E-state index in [1.165, 1.54) is 6.42 Å². The van der Waals surface area contributed by atoms with Gasteiger partial charge in [0.2, 0.25) is 11.7 Å². The first-order valence-corrected chi connectivity index (χ1v) is 7.20. The molecule has 0 aliphatic heterocycles. The van der Waals surface area contributed by atoms with E-state index in [9.17, 15) is 5.11 Å². The molecule has 0 bridgehead atoms. The summed E-state index contributed by atoms with van der Waals surface area (Å²) in [5.41, 5.74) is -0.373. The summed E-state index contributed by atoms with van der Waals surface area (Å²) in [4.78, 5) is 4.55. The fourth-order valence-corrected chi connectivity index (χ4v) is 3.36. The largest absolute Gasteiger partial charge is 0.393 e. The van der Waals surface area contributed by atoms with Crippen molar-refractivity contribution in [2.45, 2.75) is 63.1 Å². The molecule has 2 fully saturated rings. The molecule has 2 unspecified atom stereocenters. The van der Waals surface area contributed by atoms with Crippen molar-refractivity contribution < 1.29 is 14.4 Å². The molecule has 0 spiro atoms. The van der Waals surface area contributed by atoms with Crippen LogP contribution in [-0.4, -0.2) is 28.5 Å². The number of hydrogen-bond acceptors (Lipinski definition) is 5. The number of aromatic nitrogens is 2. The molecule has 19 heavy (non-hydrogen) atoms. The molecule has 106 valence electrons. The van der Waals surface area contributed by atoms with Crippen molar-refractivity contribution >= 4 is 0 Å². The third-order valence-corrected chi connectivity index (χ3v) is 4.66. The molecule has 1 aromatic rings. The Bertz CT molecular complexity index is 442. The highest BCUT2D eigenvalue weighted by atomic mass is 16.5. The van der Waals surface area contributed by atoms with Crippen molar-refractivity contribution in [2.24, 2.45) is 5.92 Å². The number of ether oxygens (including phenoxy) is 1. The Kier molecular flexibility index (Phi) is 3.35. The van der Waals surface area contributed by atoms with Gasteiger partial charge in [-0.3, -0.25) is 0 Å². The molecule has 2 aliphatic rings. The number of methoxy groups -OCH3 is 1. The Morgan fingerprint density at radius 3 is 2.84 bits per heavy atom. The quantitative estimate of drug-likeness (QED) is 0.909. The molecule has 2 saturated carbocycles. The molecule has 1 N–H and O–H groups in total. The summed E-state index contributed by atoms with van der Waals surface area (Å²) in [6, 6.07) is 0. The van der Waals surface area contributed by atoms with E-state index in [1.54, 1.807) is 7.11 Å². The number of hydrogen-bond donors (Lipinski definition) is 1. The highest BCUT2D eigenvalue weighted by Crippen LogP contribution is 2.42. The van der Waals surface area contributed by atoms with Crippen LogP contribution in [0.15, 0.2) is 4.52 Å². The maximum absolute atomic E-state index is 9.35. The molecule has 5 heteroatoms. The van der Waals surface area contributed by atoms with Gasteiger partial charge in [-0.15, -0.1) is 0 Å². The van der Waals surface area contributed by atoms with Gasteiger partial charge < -0.3 is 14.4 Å². The smallest absolute Gasteiger partial charge is 0.230 e. The normalized spacial score (nSPS) is 39.0. The van der Waals surface area contributed by atoms with E-state index in [2.05, 4.69) is 17.1 Å². The lowest BCUT2D eigenvalue weighted by atomic mass is 9.78. The number of aliphatic hydroxyl groups is 1. The van der Waals surface area contributed by atoms with Crippen molar-refractivity contribution in [3.63, 3.8) is 0 Å². The maximum atomic E-state index is 9.35. The van der Waals surface area contributed by atoms with Crippen molar-refractivity contribution in [3.8, 4) is 0 Å². The average molecular weight is 266 g/mol. The minimum absolute atomic E-state index is 0.202. The summed E-state index contributed by atoms with van der Waals surface area (Å²) >= 11 is 0. The third-order valence-electron chi connectivity index (χ3n) is 4.66. The predicted molar refractivity (Wildman–Crippen MR) is 68.6 cm³/mol. The number of rotatable bonds is 3. The van der Waals surface area contributed by atoms with Crippen LogP contribution in [0.1, 0.15) is 63.1 Å². The van der Waals surface area contributed by atoms with Crippen LogP contribution in [0.5, 0.6) is 0 Å². The Hall–Kier alpha value is -0.940. The lowest BCUT2D eigenvalue weighted by Crippen LogP contribution is -2.35. The molecule has 2 atom stereocenters. The first-order valence-electron chi connectivity index (χ1n) is 7.20. The van der Waals surface area contributed by atoms with Crippen LogP contribution in [0.4, 0.5) is 0 Å². The molecule has 0 radical (unpaired) electrons. The minimum Gasteiger partial charge on any atom is -0.393 e. The van der Waals surface area contributed by atoms with Crippen molar-refractivity contribution in [1.82, 2.24) is 10.1 Å². The van der Waals surface area contributed by atoms with Gasteiger partial charge in [0.1, 0.15) is 5.60 Å². The van der Waals surface area contributed by atoms with E-state index < -0.39 is 0 Å². The fraction of sp³-hybridized carbons (Fsp3) is 0.857. The Balaban J connectivity index is 1.79. The van der Waals surface area contributed by atoms with Gasteiger partial charge in [0.05, 0.1) is 6.10 Å². The van der Waals surface area contributed by atoms with Crippen molar-refractivity contribution in [3.05, 3.63) is 11.7 Å². The van der Waals surface area contributed by atoms with E-state index >= 15 is 0 Å². The van der Waals surface area contributed by atoms with Crippen LogP contribution < -0.4 is 0 Å². The van der Waals surface area contributed by atoms with Gasteiger partial charge in [-0.25, -0.2) is 0 Å². The van der Waals surface area contributed by atoms with E-state index in [0.29, 0.717) is 17.6 Å². The summed E-state index contributed by atoms with van der Waals surface area (Å²) in [6.07, 6.45) is 5.56. The Morgan fingerprint density at radius 2 is 2.21 bits per heavy atom. The Labute approximate surface area is 113 Å². The summed E-state index contributed by atoms with van der Waals surface area (Å²) < 4.78 is 11.1. The standard InChI is InChI=1S/C14H22N2O3/c1-9-4-3-5-14(8-9,18-2)13-15-12(19-16-13)10-6-11(17)7-10/h9-11,17H,3-8H2,1-2H3. The summed E-state index contributed by atoms with van der Waals surface area (Å²) in [5, 5.41) is 13.5. The molecule has 1 heterocycles. The second kappa shape index (κ2) is 4.87. The SMILES string of the molecule is COC1(c2noc(C3CC(O)C3)n2)CCCC(C)C1. The van der Waals surface area contributed by atoms with E-state index in [1.807, 2.05) is 0 Å². The minimum atomic E-state index is -0.373. The molecule has 0 saturated heterocycles.